The lowest BCUT2D eigenvalue weighted by atomic mass is 9.86. The van der Waals surface area contributed by atoms with Gasteiger partial charge in [0.05, 0.1) is 11.4 Å². The Balaban J connectivity index is 1.41. The molecule has 5 unspecified atom stereocenters. The van der Waals surface area contributed by atoms with Gasteiger partial charge < -0.3 is 5.32 Å². The molecule has 1 N–H and O–H groups in total. The number of carbonyl (C=O) groups is 1. The van der Waals surface area contributed by atoms with E-state index in [2.05, 4.69) is 17.4 Å². The van der Waals surface area contributed by atoms with Gasteiger partial charge in [0.2, 0.25) is 5.91 Å². The molecule has 21 heavy (non-hydrogen) atoms. The second-order valence-corrected chi connectivity index (χ2v) is 7.66. The van der Waals surface area contributed by atoms with Crippen LogP contribution < -0.4 is 5.32 Å². The molecular formula is C18H22ClNO. The lowest BCUT2D eigenvalue weighted by Gasteiger charge is -2.23. The maximum atomic E-state index is 12.4. The van der Waals surface area contributed by atoms with Crippen LogP contribution in [0.4, 0.5) is 0 Å². The highest BCUT2D eigenvalue weighted by Gasteiger charge is 2.40. The highest BCUT2D eigenvalue weighted by molar-refractivity contribution is 6.21. The van der Waals surface area contributed by atoms with Crippen molar-refractivity contribution in [3.8, 4) is 0 Å². The molecule has 0 spiro atoms. The standard InChI is InChI=1S/C18H22ClNO/c19-16-9-13-3-1-2-4-15(13)18(16)20-17(21)10-14-8-11-5-6-12(14)7-11/h1-4,11-12,14,16,18H,5-10H2,(H,20,21). The number of hydrogen-bond acceptors (Lipinski definition) is 1. The summed E-state index contributed by atoms with van der Waals surface area (Å²) in [5.74, 6) is 2.53. The number of carbonyl (C=O) groups excluding carboxylic acids is 1. The first-order chi connectivity index (χ1) is 10.2. The second-order valence-electron chi connectivity index (χ2n) is 7.10. The number of rotatable bonds is 3. The number of nitrogens with one attached hydrogen (secondary N) is 1. The zero-order valence-corrected chi connectivity index (χ0v) is 13.0. The Bertz CT molecular complexity index is 558. The van der Waals surface area contributed by atoms with E-state index in [1.54, 1.807) is 0 Å². The molecule has 112 valence electrons. The minimum absolute atomic E-state index is 0.00560. The van der Waals surface area contributed by atoms with E-state index >= 15 is 0 Å². The summed E-state index contributed by atoms with van der Waals surface area (Å²) in [4.78, 5) is 12.4. The quantitative estimate of drug-likeness (QED) is 0.845. The summed E-state index contributed by atoms with van der Waals surface area (Å²) in [6.07, 6.45) is 6.92. The molecule has 0 aromatic heterocycles. The minimum Gasteiger partial charge on any atom is -0.348 e. The van der Waals surface area contributed by atoms with E-state index in [1.807, 2.05) is 12.1 Å². The van der Waals surface area contributed by atoms with Gasteiger partial charge in [-0.2, -0.15) is 0 Å². The van der Waals surface area contributed by atoms with E-state index in [4.69, 9.17) is 11.6 Å². The molecule has 0 saturated heterocycles. The molecule has 3 heteroatoms. The maximum Gasteiger partial charge on any atom is 0.220 e. The first-order valence-corrected chi connectivity index (χ1v) is 8.65. The predicted molar refractivity (Wildman–Crippen MR) is 84.2 cm³/mol. The van der Waals surface area contributed by atoms with Crippen LogP contribution in [-0.4, -0.2) is 11.3 Å². The van der Waals surface area contributed by atoms with Crippen LogP contribution in [0, 0.1) is 17.8 Å². The largest absolute Gasteiger partial charge is 0.348 e. The lowest BCUT2D eigenvalue weighted by Crippen LogP contribution is -2.33. The third kappa shape index (κ3) is 2.48. The third-order valence-corrected chi connectivity index (χ3v) is 6.22. The van der Waals surface area contributed by atoms with Crippen molar-refractivity contribution in [3.05, 3.63) is 35.4 Å². The smallest absolute Gasteiger partial charge is 0.220 e. The van der Waals surface area contributed by atoms with Crippen molar-refractivity contribution in [2.24, 2.45) is 17.8 Å². The average Bonchev–Trinajstić information content (AvgIpc) is 3.14. The molecule has 0 heterocycles. The lowest BCUT2D eigenvalue weighted by molar-refractivity contribution is -0.123. The van der Waals surface area contributed by atoms with Gasteiger partial charge in [-0.1, -0.05) is 30.7 Å². The van der Waals surface area contributed by atoms with Gasteiger partial charge in [-0.3, -0.25) is 4.79 Å². The topological polar surface area (TPSA) is 29.1 Å². The first kappa shape index (κ1) is 13.6. The SMILES string of the molecule is O=C(CC1CC2CCC1C2)NC1c2ccccc2CC1Cl. The molecular weight excluding hydrogens is 282 g/mol. The van der Waals surface area contributed by atoms with E-state index in [9.17, 15) is 4.79 Å². The fourth-order valence-corrected chi connectivity index (χ4v) is 5.18. The van der Waals surface area contributed by atoms with Crippen molar-refractivity contribution in [3.63, 3.8) is 0 Å². The molecule has 2 saturated carbocycles. The molecule has 0 radical (unpaired) electrons. The van der Waals surface area contributed by atoms with E-state index in [0.717, 1.165) is 18.3 Å². The van der Waals surface area contributed by atoms with Crippen LogP contribution in [0.15, 0.2) is 24.3 Å². The summed E-state index contributed by atoms with van der Waals surface area (Å²) >= 11 is 6.45. The van der Waals surface area contributed by atoms with Gasteiger partial charge >= 0.3 is 0 Å². The summed E-state index contributed by atoms with van der Waals surface area (Å²) in [6.45, 7) is 0. The number of alkyl halides is 1. The van der Waals surface area contributed by atoms with Crippen LogP contribution in [-0.2, 0) is 11.2 Å². The molecule has 3 aliphatic carbocycles. The van der Waals surface area contributed by atoms with E-state index in [-0.39, 0.29) is 17.3 Å². The maximum absolute atomic E-state index is 12.4. The highest BCUT2D eigenvalue weighted by atomic mass is 35.5. The van der Waals surface area contributed by atoms with Gasteiger partial charge in [-0.05, 0) is 54.6 Å². The molecule has 2 fully saturated rings. The molecule has 4 rings (SSSR count). The van der Waals surface area contributed by atoms with Gasteiger partial charge in [0.25, 0.3) is 0 Å². The van der Waals surface area contributed by atoms with Crippen LogP contribution in [0.5, 0.6) is 0 Å². The van der Waals surface area contributed by atoms with Crippen molar-refractivity contribution in [2.45, 2.75) is 49.9 Å². The summed E-state index contributed by atoms with van der Waals surface area (Å²) < 4.78 is 0. The number of amides is 1. The third-order valence-electron chi connectivity index (χ3n) is 5.82. The second kappa shape index (κ2) is 5.31. The van der Waals surface area contributed by atoms with Crippen molar-refractivity contribution in [1.29, 1.82) is 0 Å². The summed E-state index contributed by atoms with van der Waals surface area (Å²) in [5, 5.41) is 3.19. The van der Waals surface area contributed by atoms with E-state index < -0.39 is 0 Å². The fraction of sp³-hybridized carbons (Fsp3) is 0.611. The van der Waals surface area contributed by atoms with E-state index in [0.29, 0.717) is 12.3 Å². The number of fused-ring (bicyclic) bond motifs is 3. The Hall–Kier alpha value is -1.02. The van der Waals surface area contributed by atoms with E-state index in [1.165, 1.54) is 36.8 Å². The molecule has 1 aromatic rings. The molecule has 1 aromatic carbocycles. The molecule has 5 atom stereocenters. The van der Waals surface area contributed by atoms with Crippen LogP contribution in [0.3, 0.4) is 0 Å². The Morgan fingerprint density at radius 2 is 2.10 bits per heavy atom. The average molecular weight is 304 g/mol. The van der Waals surface area contributed by atoms with Crippen LogP contribution >= 0.6 is 11.6 Å². The predicted octanol–water partition coefficient (Wildman–Crippen LogP) is 3.83. The molecule has 2 nitrogen and oxygen atoms in total. The van der Waals surface area contributed by atoms with Gasteiger partial charge in [0, 0.05) is 6.42 Å². The highest BCUT2D eigenvalue weighted by Crippen LogP contribution is 2.49. The van der Waals surface area contributed by atoms with Gasteiger partial charge in [0.1, 0.15) is 0 Å². The molecule has 0 aliphatic heterocycles. The zero-order valence-electron chi connectivity index (χ0n) is 12.2. The van der Waals surface area contributed by atoms with Crippen LogP contribution in [0.25, 0.3) is 0 Å². The number of benzene rings is 1. The van der Waals surface area contributed by atoms with Gasteiger partial charge in [-0.15, -0.1) is 11.6 Å². The number of halogens is 1. The minimum atomic E-state index is -0.00798. The van der Waals surface area contributed by atoms with Crippen LogP contribution in [0.1, 0.15) is 49.3 Å². The monoisotopic (exact) mass is 303 g/mol. The van der Waals surface area contributed by atoms with Crippen molar-refractivity contribution in [2.75, 3.05) is 0 Å². The molecule has 2 bridgehead atoms. The normalized spacial score (nSPS) is 36.7. The first-order valence-electron chi connectivity index (χ1n) is 8.22. The zero-order chi connectivity index (χ0) is 14.4. The van der Waals surface area contributed by atoms with Gasteiger partial charge in [-0.25, -0.2) is 0 Å². The van der Waals surface area contributed by atoms with Crippen LogP contribution in [0.2, 0.25) is 0 Å². The summed E-state index contributed by atoms with van der Waals surface area (Å²) in [5.41, 5.74) is 2.49. The Kier molecular flexibility index (Phi) is 3.45. The van der Waals surface area contributed by atoms with Crippen molar-refractivity contribution >= 4 is 17.5 Å². The number of hydrogen-bond donors (Lipinski definition) is 1. The van der Waals surface area contributed by atoms with Gasteiger partial charge in [0.15, 0.2) is 0 Å². The summed E-state index contributed by atoms with van der Waals surface area (Å²) in [6, 6.07) is 8.28. The molecule has 1 amide bonds. The fourth-order valence-electron chi connectivity index (χ4n) is 4.81. The van der Waals surface area contributed by atoms with Crippen molar-refractivity contribution in [1.82, 2.24) is 5.32 Å². The Morgan fingerprint density at radius 3 is 2.86 bits per heavy atom. The molecule has 3 aliphatic rings. The Morgan fingerprint density at radius 1 is 1.24 bits per heavy atom. The summed E-state index contributed by atoms with van der Waals surface area (Å²) in [7, 11) is 0. The Labute approximate surface area is 131 Å². The van der Waals surface area contributed by atoms with Crippen molar-refractivity contribution < 1.29 is 4.79 Å².